The maximum absolute atomic E-state index is 12.5. The van der Waals surface area contributed by atoms with Gasteiger partial charge in [-0.3, -0.25) is 4.79 Å². The largest absolute Gasteiger partial charge is 0.497 e. The fourth-order valence-electron chi connectivity index (χ4n) is 3.53. The lowest BCUT2D eigenvalue weighted by Crippen LogP contribution is -2.52. The van der Waals surface area contributed by atoms with E-state index in [2.05, 4.69) is 5.32 Å². The van der Waals surface area contributed by atoms with E-state index in [0.29, 0.717) is 19.8 Å². The standard InChI is InChI=1S/C21H33NO7/c1-7-27-20(23)14(2)19(22-15-8-10-16(26-6)11-9-15)21(3)28-17(12-24-4)18(29-21)13-25-5/h8-11,14,17-19,22H,7,12-13H2,1-6H3/t14-,17+,18+,19-/m1/s1. The molecule has 2 rings (SSSR count). The molecule has 0 saturated carbocycles. The summed E-state index contributed by atoms with van der Waals surface area (Å²) in [6.07, 6.45) is -0.640. The summed E-state index contributed by atoms with van der Waals surface area (Å²) in [4.78, 5) is 12.5. The van der Waals surface area contributed by atoms with Gasteiger partial charge in [0, 0.05) is 19.9 Å². The molecule has 0 radical (unpaired) electrons. The van der Waals surface area contributed by atoms with E-state index in [1.54, 1.807) is 35.2 Å². The molecule has 1 aromatic rings. The lowest BCUT2D eigenvalue weighted by Gasteiger charge is -2.37. The topological polar surface area (TPSA) is 84.5 Å². The highest BCUT2D eigenvalue weighted by atomic mass is 16.8. The van der Waals surface area contributed by atoms with Crippen LogP contribution in [0.5, 0.6) is 5.75 Å². The van der Waals surface area contributed by atoms with Crippen LogP contribution >= 0.6 is 0 Å². The average Bonchev–Trinajstić information content (AvgIpc) is 3.03. The Morgan fingerprint density at radius 2 is 1.66 bits per heavy atom. The lowest BCUT2D eigenvalue weighted by molar-refractivity contribution is -0.191. The lowest BCUT2D eigenvalue weighted by atomic mass is 9.94. The van der Waals surface area contributed by atoms with Crippen LogP contribution in [-0.4, -0.2) is 71.2 Å². The Kier molecular flexibility index (Phi) is 8.70. The van der Waals surface area contributed by atoms with Crippen molar-refractivity contribution in [1.29, 1.82) is 0 Å². The highest BCUT2D eigenvalue weighted by Gasteiger charge is 2.52. The molecule has 0 aromatic heterocycles. The van der Waals surface area contributed by atoms with Crippen molar-refractivity contribution in [3.8, 4) is 5.75 Å². The minimum Gasteiger partial charge on any atom is -0.497 e. The van der Waals surface area contributed by atoms with Gasteiger partial charge in [-0.1, -0.05) is 0 Å². The third-order valence-electron chi connectivity index (χ3n) is 4.98. The fourth-order valence-corrected chi connectivity index (χ4v) is 3.53. The highest BCUT2D eigenvalue weighted by molar-refractivity contribution is 5.74. The van der Waals surface area contributed by atoms with Gasteiger partial charge in [-0.2, -0.15) is 0 Å². The van der Waals surface area contributed by atoms with Gasteiger partial charge in [-0.05, 0) is 45.0 Å². The van der Waals surface area contributed by atoms with Gasteiger partial charge in [0.05, 0.1) is 38.9 Å². The second kappa shape index (κ2) is 10.8. The summed E-state index contributed by atoms with van der Waals surface area (Å²) in [6.45, 7) is 6.41. The van der Waals surface area contributed by atoms with Gasteiger partial charge in [-0.25, -0.2) is 0 Å². The van der Waals surface area contributed by atoms with E-state index in [1.165, 1.54) is 0 Å². The minimum absolute atomic E-state index is 0.301. The fraction of sp³-hybridized carbons (Fsp3) is 0.667. The molecule has 1 aromatic carbocycles. The molecule has 1 saturated heterocycles. The molecule has 0 bridgehead atoms. The second-order valence-electron chi connectivity index (χ2n) is 7.13. The molecule has 1 aliphatic rings. The number of esters is 1. The molecule has 164 valence electrons. The average molecular weight is 411 g/mol. The first kappa shape index (κ1) is 23.4. The van der Waals surface area contributed by atoms with Crippen molar-refractivity contribution in [1.82, 2.24) is 0 Å². The normalized spacial score (nSPS) is 22.7. The molecule has 1 aliphatic heterocycles. The highest BCUT2D eigenvalue weighted by Crippen LogP contribution is 2.37. The molecule has 8 nitrogen and oxygen atoms in total. The summed E-state index contributed by atoms with van der Waals surface area (Å²) in [7, 11) is 4.83. The Labute approximate surface area is 172 Å². The van der Waals surface area contributed by atoms with Crippen LogP contribution in [0.3, 0.4) is 0 Å². The Balaban J connectivity index is 2.30. The molecule has 0 unspecified atom stereocenters. The number of methoxy groups -OCH3 is 3. The van der Waals surface area contributed by atoms with Gasteiger partial charge >= 0.3 is 5.97 Å². The van der Waals surface area contributed by atoms with Crippen LogP contribution in [0.4, 0.5) is 5.69 Å². The van der Waals surface area contributed by atoms with E-state index in [4.69, 9.17) is 28.4 Å². The molecular formula is C21H33NO7. The predicted molar refractivity (Wildman–Crippen MR) is 108 cm³/mol. The second-order valence-corrected chi connectivity index (χ2v) is 7.13. The monoisotopic (exact) mass is 411 g/mol. The van der Waals surface area contributed by atoms with E-state index in [0.717, 1.165) is 11.4 Å². The molecule has 1 N–H and O–H groups in total. The van der Waals surface area contributed by atoms with Crippen LogP contribution in [0.1, 0.15) is 20.8 Å². The SMILES string of the molecule is CCOC(=O)[C@H](C)[C@@H](Nc1ccc(OC)cc1)C1(C)O[C@@H](COC)[C@H](COC)O1. The molecule has 4 atom stereocenters. The van der Waals surface area contributed by atoms with E-state index in [-0.39, 0.29) is 18.2 Å². The summed E-state index contributed by atoms with van der Waals surface area (Å²) < 4.78 is 33.5. The van der Waals surface area contributed by atoms with Crippen molar-refractivity contribution >= 4 is 11.7 Å². The van der Waals surface area contributed by atoms with Crippen molar-refractivity contribution in [2.24, 2.45) is 5.92 Å². The summed E-state index contributed by atoms with van der Waals surface area (Å²) in [6, 6.07) is 6.92. The summed E-state index contributed by atoms with van der Waals surface area (Å²) in [5.74, 6) is -1.22. The quantitative estimate of drug-likeness (QED) is 0.556. The molecule has 0 spiro atoms. The van der Waals surface area contributed by atoms with Crippen LogP contribution in [0.15, 0.2) is 24.3 Å². The van der Waals surface area contributed by atoms with E-state index in [9.17, 15) is 4.79 Å². The molecule has 1 fully saturated rings. The first-order valence-electron chi connectivity index (χ1n) is 9.79. The van der Waals surface area contributed by atoms with Gasteiger partial charge in [0.1, 0.15) is 18.0 Å². The van der Waals surface area contributed by atoms with E-state index in [1.807, 2.05) is 31.2 Å². The van der Waals surface area contributed by atoms with Gasteiger partial charge < -0.3 is 33.7 Å². The number of hydrogen-bond donors (Lipinski definition) is 1. The molecule has 29 heavy (non-hydrogen) atoms. The third-order valence-corrected chi connectivity index (χ3v) is 4.98. The Morgan fingerprint density at radius 3 is 2.10 bits per heavy atom. The van der Waals surface area contributed by atoms with Crippen molar-refractivity contribution in [2.45, 2.75) is 44.8 Å². The van der Waals surface area contributed by atoms with Crippen LogP contribution in [0.25, 0.3) is 0 Å². The van der Waals surface area contributed by atoms with E-state index >= 15 is 0 Å². The molecule has 1 heterocycles. The number of hydrogen-bond acceptors (Lipinski definition) is 8. The maximum atomic E-state index is 12.5. The smallest absolute Gasteiger partial charge is 0.310 e. The minimum atomic E-state index is -1.10. The van der Waals surface area contributed by atoms with Gasteiger partial charge in [0.2, 0.25) is 0 Å². The number of rotatable bonds is 11. The van der Waals surface area contributed by atoms with Crippen molar-refractivity contribution < 1.29 is 33.2 Å². The summed E-state index contributed by atoms with van der Waals surface area (Å²) >= 11 is 0. The number of benzene rings is 1. The van der Waals surface area contributed by atoms with Gasteiger partial charge in [0.25, 0.3) is 0 Å². The Morgan fingerprint density at radius 1 is 1.10 bits per heavy atom. The summed E-state index contributed by atoms with van der Waals surface area (Å²) in [5.41, 5.74) is 0.804. The number of anilines is 1. The maximum Gasteiger partial charge on any atom is 0.310 e. The van der Waals surface area contributed by atoms with Crippen LogP contribution < -0.4 is 10.1 Å². The number of carbonyl (C=O) groups excluding carboxylic acids is 1. The van der Waals surface area contributed by atoms with Gasteiger partial charge in [0.15, 0.2) is 5.79 Å². The molecule has 8 heteroatoms. The molecule has 0 aliphatic carbocycles. The van der Waals surface area contributed by atoms with E-state index < -0.39 is 17.7 Å². The Bertz CT molecular complexity index is 622. The molecular weight excluding hydrogens is 378 g/mol. The predicted octanol–water partition coefficient (Wildman–Crippen LogP) is 2.47. The number of nitrogens with one attached hydrogen (secondary N) is 1. The zero-order valence-corrected chi connectivity index (χ0v) is 18.1. The first-order chi connectivity index (χ1) is 13.9. The van der Waals surface area contributed by atoms with Crippen molar-refractivity contribution in [3.05, 3.63) is 24.3 Å². The van der Waals surface area contributed by atoms with Crippen LogP contribution in [-0.2, 0) is 28.5 Å². The number of ether oxygens (including phenoxy) is 6. The number of carbonyl (C=O) groups is 1. The molecule has 0 amide bonds. The van der Waals surface area contributed by atoms with Crippen molar-refractivity contribution in [3.63, 3.8) is 0 Å². The van der Waals surface area contributed by atoms with Crippen LogP contribution in [0.2, 0.25) is 0 Å². The van der Waals surface area contributed by atoms with Crippen LogP contribution in [0, 0.1) is 5.92 Å². The third kappa shape index (κ3) is 5.82. The first-order valence-corrected chi connectivity index (χ1v) is 9.79. The zero-order valence-electron chi connectivity index (χ0n) is 18.1. The zero-order chi connectivity index (χ0) is 21.4. The summed E-state index contributed by atoms with van der Waals surface area (Å²) in [5, 5.41) is 3.39. The van der Waals surface area contributed by atoms with Crippen molar-refractivity contribution in [2.75, 3.05) is 46.5 Å². The van der Waals surface area contributed by atoms with Gasteiger partial charge in [-0.15, -0.1) is 0 Å². The Hall–Kier alpha value is -1.87.